The van der Waals surface area contributed by atoms with Crippen LogP contribution in [0.4, 0.5) is 5.69 Å². The lowest BCUT2D eigenvalue weighted by molar-refractivity contribution is -0.146. The first-order chi connectivity index (χ1) is 12.1. The molecule has 128 valence electrons. The molecule has 0 aromatic heterocycles. The highest BCUT2D eigenvalue weighted by atomic mass is 16.5. The summed E-state index contributed by atoms with van der Waals surface area (Å²) in [5.74, 6) is -2.42. The molecule has 5 heterocycles. The lowest BCUT2D eigenvalue weighted by Gasteiger charge is -2.43. The summed E-state index contributed by atoms with van der Waals surface area (Å²) in [6.45, 7) is 0.651. The van der Waals surface area contributed by atoms with Crippen LogP contribution in [0.2, 0.25) is 0 Å². The molecule has 0 saturated carbocycles. The summed E-state index contributed by atoms with van der Waals surface area (Å²) in [6, 6.07) is 7.61. The monoisotopic (exact) mass is 339 g/mol. The number of rotatable bonds is 1. The number of carboxylic acid groups (broad SMARTS) is 1. The standard InChI is InChI=1S/C19H17NO5/c21-17-14-13(18(22)23)12-5-7-19(14,25-12)16-10-6-8-24-15(10)9-3-1-2-4-11(9)20(16)17/h1-5,7,10,12-16H,6,8H2,(H,22,23)/t10-,12+,13-,14-,15-,16+,19+/m0/s1. The van der Waals surface area contributed by atoms with Gasteiger partial charge >= 0.3 is 5.97 Å². The third-order valence-electron chi connectivity index (χ3n) is 6.66. The number of amides is 1. The van der Waals surface area contributed by atoms with E-state index in [1.165, 1.54) is 0 Å². The van der Waals surface area contributed by atoms with Crippen molar-refractivity contribution in [3.05, 3.63) is 42.0 Å². The van der Waals surface area contributed by atoms with Gasteiger partial charge in [0, 0.05) is 23.8 Å². The maximum atomic E-state index is 13.4. The second-order valence-corrected chi connectivity index (χ2v) is 7.59. The van der Waals surface area contributed by atoms with E-state index in [2.05, 4.69) is 0 Å². The van der Waals surface area contributed by atoms with E-state index >= 15 is 0 Å². The van der Waals surface area contributed by atoms with Crippen LogP contribution in [0.1, 0.15) is 18.1 Å². The molecule has 0 aliphatic carbocycles. The highest BCUT2D eigenvalue weighted by molar-refractivity contribution is 6.04. The molecule has 6 rings (SSSR count). The molecule has 1 amide bonds. The van der Waals surface area contributed by atoms with Crippen LogP contribution < -0.4 is 4.90 Å². The number of hydrogen-bond donors (Lipinski definition) is 1. The van der Waals surface area contributed by atoms with Crippen LogP contribution in [0, 0.1) is 17.8 Å². The minimum absolute atomic E-state index is 0.0571. The maximum absolute atomic E-state index is 13.4. The van der Waals surface area contributed by atoms with Gasteiger partial charge in [0.25, 0.3) is 0 Å². The number of benzene rings is 1. The Balaban J connectivity index is 1.59. The van der Waals surface area contributed by atoms with Crippen LogP contribution in [0.25, 0.3) is 0 Å². The molecule has 1 spiro atoms. The van der Waals surface area contributed by atoms with Gasteiger partial charge in [0.2, 0.25) is 5.91 Å². The van der Waals surface area contributed by atoms with Gasteiger partial charge in [-0.2, -0.15) is 0 Å². The SMILES string of the molecule is O=C(O)[C@@H]1[C@H]2C(=O)N3c4ccccc4[C@@H]4OCC[C@@H]4[C@@H]3[C@@]23C=C[C@H]1O3. The van der Waals surface area contributed by atoms with Gasteiger partial charge in [-0.25, -0.2) is 0 Å². The molecule has 3 saturated heterocycles. The van der Waals surface area contributed by atoms with Gasteiger partial charge in [0.15, 0.2) is 0 Å². The van der Waals surface area contributed by atoms with E-state index in [4.69, 9.17) is 9.47 Å². The van der Waals surface area contributed by atoms with Gasteiger partial charge in [0.1, 0.15) is 11.5 Å². The topological polar surface area (TPSA) is 76.1 Å². The zero-order valence-corrected chi connectivity index (χ0v) is 13.4. The summed E-state index contributed by atoms with van der Waals surface area (Å²) in [5.41, 5.74) is 1.03. The third-order valence-corrected chi connectivity index (χ3v) is 6.66. The number of fused-ring (bicyclic) bond motifs is 7. The first-order valence-electron chi connectivity index (χ1n) is 8.77. The van der Waals surface area contributed by atoms with Crippen LogP contribution in [0.3, 0.4) is 0 Å². The minimum atomic E-state index is -0.957. The fraction of sp³-hybridized carbons (Fsp3) is 0.474. The van der Waals surface area contributed by atoms with Crippen LogP contribution in [0.15, 0.2) is 36.4 Å². The molecule has 6 heteroatoms. The smallest absolute Gasteiger partial charge is 0.310 e. The Kier molecular flexibility index (Phi) is 2.42. The quantitative estimate of drug-likeness (QED) is 0.785. The molecule has 1 aromatic carbocycles. The molecule has 0 unspecified atom stereocenters. The van der Waals surface area contributed by atoms with Crippen LogP contribution in [0.5, 0.6) is 0 Å². The molecule has 5 aliphatic heterocycles. The largest absolute Gasteiger partial charge is 0.481 e. The summed E-state index contributed by atoms with van der Waals surface area (Å²) in [6.07, 6.45) is 4.07. The summed E-state index contributed by atoms with van der Waals surface area (Å²) in [7, 11) is 0. The summed E-state index contributed by atoms with van der Waals surface area (Å²) >= 11 is 0. The molecule has 2 bridgehead atoms. The Bertz CT molecular complexity index is 850. The predicted octanol–water partition coefficient (Wildman–Crippen LogP) is 1.52. The molecule has 3 fully saturated rings. The van der Waals surface area contributed by atoms with Crippen molar-refractivity contribution in [1.29, 1.82) is 0 Å². The Labute approximate surface area is 144 Å². The molecule has 1 aromatic rings. The Morgan fingerprint density at radius 3 is 3.00 bits per heavy atom. The first kappa shape index (κ1) is 14.0. The van der Waals surface area contributed by atoms with Crippen molar-refractivity contribution in [1.82, 2.24) is 0 Å². The van der Waals surface area contributed by atoms with Gasteiger partial charge in [-0.3, -0.25) is 9.59 Å². The van der Waals surface area contributed by atoms with Crippen LogP contribution in [-0.2, 0) is 19.1 Å². The fourth-order valence-corrected chi connectivity index (χ4v) is 5.86. The maximum Gasteiger partial charge on any atom is 0.310 e. The molecule has 0 radical (unpaired) electrons. The van der Waals surface area contributed by atoms with E-state index in [0.717, 1.165) is 17.7 Å². The minimum Gasteiger partial charge on any atom is -0.481 e. The van der Waals surface area contributed by atoms with Crippen LogP contribution >= 0.6 is 0 Å². The third kappa shape index (κ3) is 1.42. The van der Waals surface area contributed by atoms with Crippen molar-refractivity contribution in [2.24, 2.45) is 17.8 Å². The number of carboxylic acids is 1. The van der Waals surface area contributed by atoms with Gasteiger partial charge < -0.3 is 19.5 Å². The first-order valence-corrected chi connectivity index (χ1v) is 8.77. The van der Waals surface area contributed by atoms with Crippen molar-refractivity contribution >= 4 is 17.6 Å². The normalized spacial score (nSPS) is 45.3. The number of carbonyl (C=O) groups is 2. The summed E-state index contributed by atoms with van der Waals surface area (Å²) < 4.78 is 12.2. The Morgan fingerprint density at radius 1 is 1.32 bits per heavy atom. The highest BCUT2D eigenvalue weighted by Crippen LogP contribution is 2.62. The number of hydrogen-bond acceptors (Lipinski definition) is 4. The summed E-state index contributed by atoms with van der Waals surface area (Å²) in [5, 5.41) is 9.70. The number of ether oxygens (including phenoxy) is 2. The van der Waals surface area contributed by atoms with E-state index in [-0.39, 0.29) is 24.0 Å². The van der Waals surface area contributed by atoms with E-state index in [1.54, 1.807) is 0 Å². The second-order valence-electron chi connectivity index (χ2n) is 7.59. The average molecular weight is 339 g/mol. The molecule has 25 heavy (non-hydrogen) atoms. The van der Waals surface area contributed by atoms with Crippen molar-refractivity contribution in [2.45, 2.75) is 30.3 Å². The second kappa shape index (κ2) is 4.31. The number of para-hydroxylation sites is 1. The van der Waals surface area contributed by atoms with E-state index in [9.17, 15) is 14.7 Å². The van der Waals surface area contributed by atoms with E-state index < -0.39 is 29.5 Å². The molecule has 7 atom stereocenters. The number of nitrogens with zero attached hydrogens (tertiary/aromatic N) is 1. The van der Waals surface area contributed by atoms with Crippen LogP contribution in [-0.4, -0.2) is 41.3 Å². The van der Waals surface area contributed by atoms with Gasteiger partial charge in [0.05, 0.1) is 24.2 Å². The molecular weight excluding hydrogens is 322 g/mol. The molecular formula is C19H17NO5. The Morgan fingerprint density at radius 2 is 2.16 bits per heavy atom. The van der Waals surface area contributed by atoms with E-state index in [1.807, 2.05) is 41.3 Å². The lowest BCUT2D eigenvalue weighted by atomic mass is 9.70. The van der Waals surface area contributed by atoms with Crippen molar-refractivity contribution < 1.29 is 24.2 Å². The van der Waals surface area contributed by atoms with Gasteiger partial charge in [-0.05, 0) is 12.5 Å². The lowest BCUT2D eigenvalue weighted by Crippen LogP contribution is -2.53. The van der Waals surface area contributed by atoms with Crippen molar-refractivity contribution in [3.63, 3.8) is 0 Å². The van der Waals surface area contributed by atoms with Crippen molar-refractivity contribution in [2.75, 3.05) is 11.5 Å². The number of anilines is 1. The van der Waals surface area contributed by atoms with Gasteiger partial charge in [-0.1, -0.05) is 30.4 Å². The Hall–Kier alpha value is -2.18. The van der Waals surface area contributed by atoms with E-state index in [0.29, 0.717) is 6.61 Å². The molecule has 5 aliphatic rings. The summed E-state index contributed by atoms with van der Waals surface area (Å²) in [4.78, 5) is 27.0. The number of aliphatic carboxylic acids is 1. The predicted molar refractivity (Wildman–Crippen MR) is 85.9 cm³/mol. The van der Waals surface area contributed by atoms with Crippen molar-refractivity contribution in [3.8, 4) is 0 Å². The average Bonchev–Trinajstić information content (AvgIpc) is 3.35. The zero-order valence-electron chi connectivity index (χ0n) is 13.4. The molecule has 1 N–H and O–H groups in total. The zero-order chi connectivity index (χ0) is 16.9. The highest BCUT2D eigenvalue weighted by Gasteiger charge is 2.74. The fourth-order valence-electron chi connectivity index (χ4n) is 5.86. The molecule has 6 nitrogen and oxygen atoms in total. The number of carbonyl (C=O) groups excluding carboxylic acids is 1. The van der Waals surface area contributed by atoms with Gasteiger partial charge in [-0.15, -0.1) is 0 Å².